The van der Waals surface area contributed by atoms with Crippen LogP contribution >= 0.6 is 0 Å². The molecule has 1 aromatic carbocycles. The van der Waals surface area contributed by atoms with E-state index in [9.17, 15) is 4.39 Å². The highest BCUT2D eigenvalue weighted by Gasteiger charge is 2.13. The quantitative estimate of drug-likeness (QED) is 0.787. The normalized spacial score (nSPS) is 15.2. The Bertz CT molecular complexity index is 309. The van der Waals surface area contributed by atoms with Gasteiger partial charge in [0.2, 0.25) is 0 Å². The molecule has 14 heavy (non-hydrogen) atoms. The minimum absolute atomic E-state index is 0.0132. The predicted octanol–water partition coefficient (Wildman–Crippen LogP) is 3.18. The van der Waals surface area contributed by atoms with Gasteiger partial charge in [-0.2, -0.15) is 0 Å². The summed E-state index contributed by atoms with van der Waals surface area (Å²) in [7, 11) is 0. The Morgan fingerprint density at radius 2 is 2.07 bits per heavy atom. The summed E-state index contributed by atoms with van der Waals surface area (Å²) in [4.78, 5) is 0. The molecule has 0 aliphatic carbocycles. The van der Waals surface area contributed by atoms with Crippen molar-refractivity contribution in [3.63, 3.8) is 0 Å². The van der Waals surface area contributed by atoms with E-state index in [2.05, 4.69) is 13.8 Å². The number of nitrogens with two attached hydrogens (primary N) is 1. The van der Waals surface area contributed by atoms with E-state index >= 15 is 0 Å². The van der Waals surface area contributed by atoms with Crippen molar-refractivity contribution < 1.29 is 4.39 Å². The van der Waals surface area contributed by atoms with Gasteiger partial charge in [0.15, 0.2) is 0 Å². The molecule has 0 spiro atoms. The van der Waals surface area contributed by atoms with Gasteiger partial charge in [0.05, 0.1) is 0 Å². The Balaban J connectivity index is 2.91. The fraction of sp³-hybridized carbons (Fsp3) is 0.500. The third-order valence-corrected chi connectivity index (χ3v) is 2.82. The molecule has 0 aromatic heterocycles. The molecular weight excluding hydrogens is 177 g/mol. The second-order valence-electron chi connectivity index (χ2n) is 3.92. The van der Waals surface area contributed by atoms with E-state index in [1.54, 1.807) is 13.0 Å². The van der Waals surface area contributed by atoms with Crippen LogP contribution in [0.15, 0.2) is 18.2 Å². The monoisotopic (exact) mass is 195 g/mol. The molecule has 2 heteroatoms. The van der Waals surface area contributed by atoms with E-state index in [0.29, 0.717) is 11.5 Å². The summed E-state index contributed by atoms with van der Waals surface area (Å²) in [6, 6.07) is 5.12. The zero-order valence-electron chi connectivity index (χ0n) is 9.05. The second-order valence-corrected chi connectivity index (χ2v) is 3.92. The number of hydrogen-bond donors (Lipinski definition) is 1. The SMILES string of the molecule is CCC(C)[C@@H](N)c1ccc(F)c(C)c1. The Morgan fingerprint density at radius 1 is 1.43 bits per heavy atom. The zero-order chi connectivity index (χ0) is 10.7. The third kappa shape index (κ3) is 2.32. The van der Waals surface area contributed by atoms with Gasteiger partial charge in [0.25, 0.3) is 0 Å². The van der Waals surface area contributed by atoms with E-state index < -0.39 is 0 Å². The van der Waals surface area contributed by atoms with Gasteiger partial charge in [0, 0.05) is 6.04 Å². The van der Waals surface area contributed by atoms with Gasteiger partial charge in [-0.25, -0.2) is 4.39 Å². The molecule has 0 aliphatic heterocycles. The Morgan fingerprint density at radius 3 is 2.57 bits per heavy atom. The number of rotatable bonds is 3. The predicted molar refractivity (Wildman–Crippen MR) is 57.5 cm³/mol. The van der Waals surface area contributed by atoms with Crippen LogP contribution in [0.3, 0.4) is 0 Å². The molecular formula is C12H18FN. The lowest BCUT2D eigenvalue weighted by molar-refractivity contribution is 0.456. The van der Waals surface area contributed by atoms with Gasteiger partial charge >= 0.3 is 0 Å². The fourth-order valence-corrected chi connectivity index (χ4v) is 1.46. The molecule has 1 unspecified atom stereocenters. The molecule has 0 heterocycles. The first-order valence-electron chi connectivity index (χ1n) is 5.08. The van der Waals surface area contributed by atoms with Crippen LogP contribution in [0.4, 0.5) is 4.39 Å². The summed E-state index contributed by atoms with van der Waals surface area (Å²) >= 11 is 0. The van der Waals surface area contributed by atoms with Crippen molar-refractivity contribution in [1.82, 2.24) is 0 Å². The molecule has 0 aliphatic rings. The molecule has 0 radical (unpaired) electrons. The van der Waals surface area contributed by atoms with Gasteiger partial charge in [-0.1, -0.05) is 32.4 Å². The van der Waals surface area contributed by atoms with Crippen LogP contribution in [0.25, 0.3) is 0 Å². The van der Waals surface area contributed by atoms with Gasteiger partial charge in [-0.3, -0.25) is 0 Å². The van der Waals surface area contributed by atoms with Crippen molar-refractivity contribution in [2.75, 3.05) is 0 Å². The first-order chi connectivity index (χ1) is 6.56. The van der Waals surface area contributed by atoms with Crippen LogP contribution in [0.2, 0.25) is 0 Å². The van der Waals surface area contributed by atoms with Crippen LogP contribution in [-0.4, -0.2) is 0 Å². The van der Waals surface area contributed by atoms with Gasteiger partial charge in [0.1, 0.15) is 5.82 Å². The molecule has 2 atom stereocenters. The average Bonchev–Trinajstić information content (AvgIpc) is 2.20. The molecule has 1 nitrogen and oxygen atoms in total. The van der Waals surface area contributed by atoms with Crippen molar-refractivity contribution in [3.8, 4) is 0 Å². The first kappa shape index (κ1) is 11.2. The lowest BCUT2D eigenvalue weighted by atomic mass is 9.92. The highest BCUT2D eigenvalue weighted by Crippen LogP contribution is 2.23. The highest BCUT2D eigenvalue weighted by atomic mass is 19.1. The Kier molecular flexibility index (Phi) is 3.64. The molecule has 0 amide bonds. The van der Waals surface area contributed by atoms with Crippen LogP contribution in [-0.2, 0) is 0 Å². The van der Waals surface area contributed by atoms with Crippen LogP contribution in [0.1, 0.15) is 37.4 Å². The minimum Gasteiger partial charge on any atom is -0.324 e. The lowest BCUT2D eigenvalue weighted by Crippen LogP contribution is -2.18. The van der Waals surface area contributed by atoms with Gasteiger partial charge in [-0.05, 0) is 30.0 Å². The summed E-state index contributed by atoms with van der Waals surface area (Å²) in [5, 5.41) is 0. The van der Waals surface area contributed by atoms with E-state index in [1.807, 2.05) is 6.07 Å². The maximum absolute atomic E-state index is 13.0. The minimum atomic E-state index is -0.162. The smallest absolute Gasteiger partial charge is 0.126 e. The molecule has 1 rings (SSSR count). The highest BCUT2D eigenvalue weighted by molar-refractivity contribution is 5.26. The van der Waals surface area contributed by atoms with Crippen molar-refractivity contribution >= 4 is 0 Å². The van der Waals surface area contributed by atoms with E-state index in [-0.39, 0.29) is 11.9 Å². The summed E-state index contributed by atoms with van der Waals surface area (Å²) in [5.41, 5.74) is 7.74. The Labute approximate surface area is 85.1 Å². The molecule has 1 aromatic rings. The lowest BCUT2D eigenvalue weighted by Gasteiger charge is -2.19. The molecule has 78 valence electrons. The maximum Gasteiger partial charge on any atom is 0.126 e. The second kappa shape index (κ2) is 4.56. The zero-order valence-corrected chi connectivity index (χ0v) is 9.05. The van der Waals surface area contributed by atoms with Crippen LogP contribution in [0, 0.1) is 18.7 Å². The fourth-order valence-electron chi connectivity index (χ4n) is 1.46. The molecule has 0 saturated heterocycles. The summed E-state index contributed by atoms with van der Waals surface area (Å²) in [6.45, 7) is 5.99. The van der Waals surface area contributed by atoms with Crippen molar-refractivity contribution in [2.24, 2.45) is 11.7 Å². The first-order valence-corrected chi connectivity index (χ1v) is 5.08. The number of halogens is 1. The topological polar surface area (TPSA) is 26.0 Å². The molecule has 0 fully saturated rings. The van der Waals surface area contributed by atoms with Crippen LogP contribution in [0.5, 0.6) is 0 Å². The van der Waals surface area contributed by atoms with Crippen molar-refractivity contribution in [2.45, 2.75) is 33.2 Å². The number of benzene rings is 1. The third-order valence-electron chi connectivity index (χ3n) is 2.82. The molecule has 0 saturated carbocycles. The maximum atomic E-state index is 13.0. The van der Waals surface area contributed by atoms with E-state index in [0.717, 1.165) is 12.0 Å². The summed E-state index contributed by atoms with van der Waals surface area (Å²) in [5.74, 6) is 0.268. The largest absolute Gasteiger partial charge is 0.324 e. The Hall–Kier alpha value is -0.890. The van der Waals surface area contributed by atoms with Gasteiger partial charge in [-0.15, -0.1) is 0 Å². The number of hydrogen-bond acceptors (Lipinski definition) is 1. The van der Waals surface area contributed by atoms with Gasteiger partial charge < -0.3 is 5.73 Å². The number of aryl methyl sites for hydroxylation is 1. The standard InChI is InChI=1S/C12H18FN/c1-4-8(2)12(14)10-5-6-11(13)9(3)7-10/h5-8,12H,4,14H2,1-3H3/t8?,12-/m1/s1. The molecule has 2 N–H and O–H groups in total. The summed E-state index contributed by atoms with van der Waals surface area (Å²) in [6.07, 6.45) is 1.04. The van der Waals surface area contributed by atoms with Crippen molar-refractivity contribution in [3.05, 3.63) is 35.1 Å². The average molecular weight is 195 g/mol. The van der Waals surface area contributed by atoms with Crippen molar-refractivity contribution in [1.29, 1.82) is 0 Å². The van der Waals surface area contributed by atoms with Crippen LogP contribution < -0.4 is 5.73 Å². The summed E-state index contributed by atoms with van der Waals surface area (Å²) < 4.78 is 13.0. The van der Waals surface area contributed by atoms with E-state index in [1.165, 1.54) is 6.07 Å². The van der Waals surface area contributed by atoms with E-state index in [4.69, 9.17) is 5.73 Å². The molecule has 0 bridgehead atoms.